The maximum absolute atomic E-state index is 11.4. The molecule has 0 bridgehead atoms. The highest BCUT2D eigenvalue weighted by Crippen LogP contribution is 2.25. The summed E-state index contributed by atoms with van der Waals surface area (Å²) in [5.74, 6) is 1.16. The lowest BCUT2D eigenvalue weighted by Gasteiger charge is -2.16. The van der Waals surface area contributed by atoms with Crippen LogP contribution < -0.4 is 10.1 Å². The van der Waals surface area contributed by atoms with Gasteiger partial charge in [-0.25, -0.2) is 0 Å². The van der Waals surface area contributed by atoms with Crippen molar-refractivity contribution in [3.63, 3.8) is 0 Å². The lowest BCUT2D eigenvalue weighted by Crippen LogP contribution is -2.31. The summed E-state index contributed by atoms with van der Waals surface area (Å²) >= 11 is 0. The molecule has 2 atom stereocenters. The number of hydrogen-bond acceptors (Lipinski definition) is 4. The van der Waals surface area contributed by atoms with Crippen molar-refractivity contribution in [3.05, 3.63) is 29.3 Å². The molecule has 1 heterocycles. The molecule has 0 radical (unpaired) electrons. The van der Waals surface area contributed by atoms with Crippen molar-refractivity contribution in [2.45, 2.75) is 45.3 Å². The number of methoxy groups -OCH3 is 1. The molecule has 1 N–H and O–H groups in total. The van der Waals surface area contributed by atoms with Crippen LogP contribution in [0.1, 0.15) is 37.3 Å². The Morgan fingerprint density at radius 1 is 1.40 bits per heavy atom. The third kappa shape index (κ3) is 3.31. The first-order valence-corrected chi connectivity index (χ1v) is 7.09. The second-order valence-corrected chi connectivity index (χ2v) is 5.63. The maximum Gasteiger partial charge on any atom is 0.323 e. The fourth-order valence-corrected chi connectivity index (χ4v) is 2.68. The first-order chi connectivity index (χ1) is 9.51. The van der Waals surface area contributed by atoms with Crippen LogP contribution >= 0.6 is 0 Å². The normalized spacial score (nSPS) is 22.1. The topological polar surface area (TPSA) is 47.6 Å². The molecule has 4 nitrogen and oxygen atoms in total. The molecule has 4 heteroatoms. The molecule has 0 saturated carbocycles. The van der Waals surface area contributed by atoms with E-state index in [1.54, 1.807) is 0 Å². The van der Waals surface area contributed by atoms with Gasteiger partial charge in [0, 0.05) is 13.0 Å². The molecular weight excluding hydrogens is 254 g/mol. The molecule has 1 saturated heterocycles. The number of aryl methyl sites for hydroxylation is 1. The Morgan fingerprint density at radius 3 is 2.75 bits per heavy atom. The zero-order valence-electron chi connectivity index (χ0n) is 12.6. The van der Waals surface area contributed by atoms with Crippen molar-refractivity contribution in [1.82, 2.24) is 5.32 Å². The predicted octanol–water partition coefficient (Wildman–Crippen LogP) is 2.40. The van der Waals surface area contributed by atoms with Crippen molar-refractivity contribution < 1.29 is 14.3 Å². The van der Waals surface area contributed by atoms with E-state index in [0.717, 1.165) is 5.75 Å². The van der Waals surface area contributed by atoms with Crippen LogP contribution in [0.25, 0.3) is 0 Å². The number of rotatable bonds is 4. The SMILES string of the molecule is COC(=O)C1CC(Oc2ccc(C(C)C)c(C)c2)CN1. The Kier molecular flexibility index (Phi) is 4.65. The van der Waals surface area contributed by atoms with Crippen molar-refractivity contribution in [1.29, 1.82) is 0 Å². The Morgan fingerprint density at radius 2 is 2.15 bits per heavy atom. The van der Waals surface area contributed by atoms with Gasteiger partial charge in [0.15, 0.2) is 0 Å². The minimum atomic E-state index is -0.249. The summed E-state index contributed by atoms with van der Waals surface area (Å²) < 4.78 is 10.7. The molecular formula is C16H23NO3. The van der Waals surface area contributed by atoms with E-state index in [1.807, 2.05) is 6.07 Å². The number of benzene rings is 1. The van der Waals surface area contributed by atoms with E-state index in [1.165, 1.54) is 18.2 Å². The summed E-state index contributed by atoms with van der Waals surface area (Å²) in [6, 6.07) is 5.95. The Bertz CT molecular complexity index is 485. The van der Waals surface area contributed by atoms with Gasteiger partial charge in [-0.15, -0.1) is 0 Å². The van der Waals surface area contributed by atoms with Crippen molar-refractivity contribution in [2.24, 2.45) is 0 Å². The van der Waals surface area contributed by atoms with Gasteiger partial charge in [0.05, 0.1) is 7.11 Å². The molecule has 2 rings (SSSR count). The predicted molar refractivity (Wildman–Crippen MR) is 78.1 cm³/mol. The largest absolute Gasteiger partial charge is 0.489 e. The van der Waals surface area contributed by atoms with E-state index in [0.29, 0.717) is 18.9 Å². The molecule has 1 aromatic carbocycles. The van der Waals surface area contributed by atoms with Crippen LogP contribution in [0.3, 0.4) is 0 Å². The van der Waals surface area contributed by atoms with Crippen LogP contribution in [0.5, 0.6) is 5.75 Å². The Labute approximate surface area is 120 Å². The smallest absolute Gasteiger partial charge is 0.323 e. The summed E-state index contributed by atoms with van der Waals surface area (Å²) in [6.07, 6.45) is 0.667. The molecule has 1 aliphatic heterocycles. The maximum atomic E-state index is 11.4. The van der Waals surface area contributed by atoms with Crippen molar-refractivity contribution in [2.75, 3.05) is 13.7 Å². The first-order valence-electron chi connectivity index (χ1n) is 7.09. The van der Waals surface area contributed by atoms with E-state index in [-0.39, 0.29) is 18.1 Å². The first kappa shape index (κ1) is 14.9. The Hall–Kier alpha value is -1.55. The minimum absolute atomic E-state index is 0.0170. The van der Waals surface area contributed by atoms with Crippen LogP contribution in [0.2, 0.25) is 0 Å². The molecule has 0 spiro atoms. The molecule has 2 unspecified atom stereocenters. The highest BCUT2D eigenvalue weighted by atomic mass is 16.5. The number of nitrogens with one attached hydrogen (secondary N) is 1. The average molecular weight is 277 g/mol. The minimum Gasteiger partial charge on any atom is -0.489 e. The van der Waals surface area contributed by atoms with Gasteiger partial charge in [0.2, 0.25) is 0 Å². The lowest BCUT2D eigenvalue weighted by atomic mass is 9.98. The standard InChI is InChI=1S/C16H23NO3/c1-10(2)14-6-5-12(7-11(14)3)20-13-8-15(17-9-13)16(18)19-4/h5-7,10,13,15,17H,8-9H2,1-4H3. The lowest BCUT2D eigenvalue weighted by molar-refractivity contribution is -0.142. The van der Waals surface area contributed by atoms with Gasteiger partial charge >= 0.3 is 5.97 Å². The van der Waals surface area contributed by atoms with Gasteiger partial charge in [-0.2, -0.15) is 0 Å². The second-order valence-electron chi connectivity index (χ2n) is 5.63. The molecule has 0 aliphatic carbocycles. The number of hydrogen-bond donors (Lipinski definition) is 1. The molecule has 1 aromatic rings. The van der Waals surface area contributed by atoms with E-state index in [9.17, 15) is 4.79 Å². The summed E-state index contributed by atoms with van der Waals surface area (Å²) in [5.41, 5.74) is 2.59. The summed E-state index contributed by atoms with van der Waals surface area (Å²) in [7, 11) is 1.41. The number of carbonyl (C=O) groups excluding carboxylic acids is 1. The highest BCUT2D eigenvalue weighted by Gasteiger charge is 2.31. The molecule has 1 aliphatic rings. The van der Waals surface area contributed by atoms with Gasteiger partial charge in [-0.05, 0) is 36.1 Å². The van der Waals surface area contributed by atoms with Crippen molar-refractivity contribution in [3.8, 4) is 5.75 Å². The fraction of sp³-hybridized carbons (Fsp3) is 0.562. The summed E-state index contributed by atoms with van der Waals surface area (Å²) in [6.45, 7) is 7.15. The fourth-order valence-electron chi connectivity index (χ4n) is 2.68. The molecule has 0 amide bonds. The molecule has 110 valence electrons. The second kappa shape index (κ2) is 6.27. The zero-order chi connectivity index (χ0) is 14.7. The van der Waals surface area contributed by atoms with E-state index < -0.39 is 0 Å². The third-order valence-corrected chi connectivity index (χ3v) is 3.74. The summed E-state index contributed by atoms with van der Waals surface area (Å²) in [5, 5.41) is 3.12. The van der Waals surface area contributed by atoms with Gasteiger partial charge in [0.1, 0.15) is 17.9 Å². The van der Waals surface area contributed by atoms with Gasteiger partial charge < -0.3 is 14.8 Å². The van der Waals surface area contributed by atoms with Crippen LogP contribution in [-0.4, -0.2) is 31.8 Å². The van der Waals surface area contributed by atoms with Gasteiger partial charge in [0.25, 0.3) is 0 Å². The molecule has 1 fully saturated rings. The van der Waals surface area contributed by atoms with Gasteiger partial charge in [-0.3, -0.25) is 4.79 Å². The molecule has 20 heavy (non-hydrogen) atoms. The van der Waals surface area contributed by atoms with Crippen LogP contribution in [-0.2, 0) is 9.53 Å². The third-order valence-electron chi connectivity index (χ3n) is 3.74. The monoisotopic (exact) mass is 277 g/mol. The number of ether oxygens (including phenoxy) is 2. The zero-order valence-corrected chi connectivity index (χ0v) is 12.6. The number of carbonyl (C=O) groups is 1. The molecule has 0 aromatic heterocycles. The van der Waals surface area contributed by atoms with Crippen LogP contribution in [0.4, 0.5) is 0 Å². The van der Waals surface area contributed by atoms with Crippen LogP contribution in [0, 0.1) is 6.92 Å². The van der Waals surface area contributed by atoms with Gasteiger partial charge in [-0.1, -0.05) is 19.9 Å². The number of esters is 1. The van der Waals surface area contributed by atoms with Crippen molar-refractivity contribution >= 4 is 5.97 Å². The quantitative estimate of drug-likeness (QED) is 0.859. The van der Waals surface area contributed by atoms with E-state index in [4.69, 9.17) is 9.47 Å². The highest BCUT2D eigenvalue weighted by molar-refractivity contribution is 5.76. The van der Waals surface area contributed by atoms with Crippen LogP contribution in [0.15, 0.2) is 18.2 Å². The average Bonchev–Trinajstić information content (AvgIpc) is 2.86. The Balaban J connectivity index is 1.98. The summed E-state index contributed by atoms with van der Waals surface area (Å²) in [4.78, 5) is 11.4. The van der Waals surface area contributed by atoms with E-state index >= 15 is 0 Å². The van der Waals surface area contributed by atoms with E-state index in [2.05, 4.69) is 38.2 Å².